The van der Waals surface area contributed by atoms with Gasteiger partial charge >= 0.3 is 5.97 Å². The lowest BCUT2D eigenvalue weighted by atomic mass is 9.95. The fourth-order valence-corrected chi connectivity index (χ4v) is 2.58. The predicted octanol–water partition coefficient (Wildman–Crippen LogP) is 4.52. The smallest absolute Gasteiger partial charge is 0.372 e. The summed E-state index contributed by atoms with van der Waals surface area (Å²) in [4.78, 5) is 11.4. The number of hydrogen-bond acceptors (Lipinski definition) is 2. The molecule has 19 heavy (non-hydrogen) atoms. The fraction of sp³-hybridized carbons (Fsp3) is 0.438. The van der Waals surface area contributed by atoms with E-state index in [2.05, 4.69) is 19.9 Å². The van der Waals surface area contributed by atoms with Gasteiger partial charge in [0.25, 0.3) is 0 Å². The Hall–Kier alpha value is -1.77. The van der Waals surface area contributed by atoms with E-state index in [9.17, 15) is 9.90 Å². The molecule has 0 spiro atoms. The number of aryl methyl sites for hydroxylation is 2. The molecule has 0 aliphatic rings. The van der Waals surface area contributed by atoms with Gasteiger partial charge in [0.2, 0.25) is 5.76 Å². The molecule has 0 amide bonds. The quantitative estimate of drug-likeness (QED) is 0.879. The molecule has 0 aliphatic heterocycles. The first-order valence-corrected chi connectivity index (χ1v) is 6.75. The number of rotatable bonds is 4. The van der Waals surface area contributed by atoms with Crippen LogP contribution in [0.4, 0.5) is 0 Å². The summed E-state index contributed by atoms with van der Waals surface area (Å²) in [7, 11) is 0. The first kappa shape index (κ1) is 13.7. The molecule has 0 unspecified atom stereocenters. The first-order chi connectivity index (χ1) is 8.97. The molecular weight excluding hydrogens is 240 g/mol. The molecule has 0 radical (unpaired) electrons. The molecule has 0 saturated heterocycles. The van der Waals surface area contributed by atoms with Crippen molar-refractivity contribution in [2.24, 2.45) is 0 Å². The molecule has 0 saturated carbocycles. The van der Waals surface area contributed by atoms with Crippen LogP contribution in [0, 0.1) is 6.92 Å². The maximum absolute atomic E-state index is 11.4. The maximum atomic E-state index is 11.4. The molecule has 0 fully saturated rings. The Morgan fingerprint density at radius 2 is 2.05 bits per heavy atom. The second kappa shape index (κ2) is 5.08. The van der Waals surface area contributed by atoms with E-state index in [1.54, 1.807) is 0 Å². The SMILES string of the molecule is CCCc1c(C(=O)O)oc2c(C(C)C)ccc(C)c12. The van der Waals surface area contributed by atoms with E-state index in [1.165, 1.54) is 0 Å². The Kier molecular flexibility index (Phi) is 3.65. The number of carbonyl (C=O) groups is 1. The number of aromatic carboxylic acids is 1. The molecule has 1 N–H and O–H groups in total. The molecule has 102 valence electrons. The molecule has 3 heteroatoms. The van der Waals surface area contributed by atoms with Crippen LogP contribution in [0.25, 0.3) is 11.0 Å². The summed E-state index contributed by atoms with van der Waals surface area (Å²) < 4.78 is 5.69. The topological polar surface area (TPSA) is 50.4 Å². The Labute approximate surface area is 113 Å². The number of fused-ring (bicyclic) bond motifs is 1. The van der Waals surface area contributed by atoms with Crippen molar-refractivity contribution in [3.8, 4) is 0 Å². The first-order valence-electron chi connectivity index (χ1n) is 6.75. The summed E-state index contributed by atoms with van der Waals surface area (Å²) in [6.45, 7) is 8.23. The lowest BCUT2D eigenvalue weighted by Gasteiger charge is -2.07. The van der Waals surface area contributed by atoms with Gasteiger partial charge in [-0.25, -0.2) is 4.79 Å². The highest BCUT2D eigenvalue weighted by molar-refractivity contribution is 5.97. The van der Waals surface area contributed by atoms with Crippen LogP contribution in [0.15, 0.2) is 16.5 Å². The number of hydrogen-bond donors (Lipinski definition) is 1. The zero-order valence-corrected chi connectivity index (χ0v) is 11.9. The second-order valence-corrected chi connectivity index (χ2v) is 5.30. The molecule has 1 aromatic carbocycles. The van der Waals surface area contributed by atoms with Crippen molar-refractivity contribution in [3.05, 3.63) is 34.6 Å². The van der Waals surface area contributed by atoms with E-state index >= 15 is 0 Å². The zero-order chi connectivity index (χ0) is 14.2. The van der Waals surface area contributed by atoms with E-state index in [0.717, 1.165) is 40.5 Å². The van der Waals surface area contributed by atoms with Crippen LogP contribution in [-0.2, 0) is 6.42 Å². The van der Waals surface area contributed by atoms with Gasteiger partial charge in [-0.15, -0.1) is 0 Å². The molecule has 0 aliphatic carbocycles. The van der Waals surface area contributed by atoms with Crippen molar-refractivity contribution in [1.29, 1.82) is 0 Å². The minimum atomic E-state index is -0.978. The second-order valence-electron chi connectivity index (χ2n) is 5.30. The van der Waals surface area contributed by atoms with E-state index in [1.807, 2.05) is 19.9 Å². The van der Waals surface area contributed by atoms with Crippen LogP contribution >= 0.6 is 0 Å². The van der Waals surface area contributed by atoms with Crippen molar-refractivity contribution in [2.75, 3.05) is 0 Å². The molecule has 0 bridgehead atoms. The van der Waals surface area contributed by atoms with Crippen LogP contribution in [0.1, 0.15) is 60.4 Å². The summed E-state index contributed by atoms with van der Waals surface area (Å²) in [5, 5.41) is 10.3. The summed E-state index contributed by atoms with van der Waals surface area (Å²) >= 11 is 0. The van der Waals surface area contributed by atoms with Gasteiger partial charge < -0.3 is 9.52 Å². The number of benzene rings is 1. The molecule has 3 nitrogen and oxygen atoms in total. The van der Waals surface area contributed by atoms with E-state index in [-0.39, 0.29) is 5.76 Å². The van der Waals surface area contributed by atoms with Crippen molar-refractivity contribution in [2.45, 2.75) is 46.5 Å². The highest BCUT2D eigenvalue weighted by Gasteiger charge is 2.22. The van der Waals surface area contributed by atoms with Crippen LogP contribution in [-0.4, -0.2) is 11.1 Å². The normalized spacial score (nSPS) is 11.4. The van der Waals surface area contributed by atoms with Gasteiger partial charge in [-0.05, 0) is 30.4 Å². The molecule has 2 rings (SSSR count). The maximum Gasteiger partial charge on any atom is 0.372 e. The van der Waals surface area contributed by atoms with Gasteiger partial charge in [-0.2, -0.15) is 0 Å². The Bertz CT molecular complexity index is 620. The third-order valence-electron chi connectivity index (χ3n) is 3.49. The minimum Gasteiger partial charge on any atom is -0.475 e. The zero-order valence-electron chi connectivity index (χ0n) is 11.9. The van der Waals surface area contributed by atoms with Gasteiger partial charge in [-0.1, -0.05) is 39.3 Å². The molecule has 1 aromatic heterocycles. The van der Waals surface area contributed by atoms with Crippen LogP contribution in [0.3, 0.4) is 0 Å². The summed E-state index contributed by atoms with van der Waals surface area (Å²) in [6.07, 6.45) is 1.64. The molecule has 1 heterocycles. The summed E-state index contributed by atoms with van der Waals surface area (Å²) in [5.41, 5.74) is 3.74. The summed E-state index contributed by atoms with van der Waals surface area (Å²) in [5.74, 6) is -0.563. The monoisotopic (exact) mass is 260 g/mol. The third kappa shape index (κ3) is 2.25. The van der Waals surface area contributed by atoms with Crippen LogP contribution in [0.5, 0.6) is 0 Å². The Morgan fingerprint density at radius 1 is 1.37 bits per heavy atom. The van der Waals surface area contributed by atoms with Gasteiger partial charge in [-0.3, -0.25) is 0 Å². The standard InChI is InChI=1S/C16H20O3/c1-5-6-12-13-10(4)7-8-11(9(2)3)14(13)19-15(12)16(17)18/h7-9H,5-6H2,1-4H3,(H,17,18). The lowest BCUT2D eigenvalue weighted by molar-refractivity contribution is 0.0663. The van der Waals surface area contributed by atoms with Crippen molar-refractivity contribution in [1.82, 2.24) is 0 Å². The average molecular weight is 260 g/mol. The largest absolute Gasteiger partial charge is 0.475 e. The van der Waals surface area contributed by atoms with Crippen molar-refractivity contribution in [3.63, 3.8) is 0 Å². The average Bonchev–Trinajstić information content (AvgIpc) is 2.70. The van der Waals surface area contributed by atoms with Crippen LogP contribution in [0.2, 0.25) is 0 Å². The highest BCUT2D eigenvalue weighted by Crippen LogP contribution is 2.35. The highest BCUT2D eigenvalue weighted by atomic mass is 16.4. The number of carboxylic acid groups (broad SMARTS) is 1. The molecule has 0 atom stereocenters. The molecular formula is C16H20O3. The van der Waals surface area contributed by atoms with Crippen LogP contribution < -0.4 is 0 Å². The number of carboxylic acids is 1. The van der Waals surface area contributed by atoms with Crippen molar-refractivity contribution < 1.29 is 14.3 Å². The Balaban J connectivity index is 2.84. The predicted molar refractivity (Wildman–Crippen MR) is 76.0 cm³/mol. The van der Waals surface area contributed by atoms with E-state index < -0.39 is 5.97 Å². The van der Waals surface area contributed by atoms with E-state index in [4.69, 9.17) is 4.42 Å². The summed E-state index contributed by atoms with van der Waals surface area (Å²) in [6, 6.07) is 4.09. The lowest BCUT2D eigenvalue weighted by Crippen LogP contribution is -1.98. The van der Waals surface area contributed by atoms with Gasteiger partial charge in [0.15, 0.2) is 0 Å². The van der Waals surface area contributed by atoms with Gasteiger partial charge in [0, 0.05) is 10.9 Å². The van der Waals surface area contributed by atoms with Gasteiger partial charge in [0.05, 0.1) is 0 Å². The Morgan fingerprint density at radius 3 is 2.58 bits per heavy atom. The molecule has 2 aromatic rings. The van der Waals surface area contributed by atoms with Crippen molar-refractivity contribution >= 4 is 16.9 Å². The van der Waals surface area contributed by atoms with Gasteiger partial charge in [0.1, 0.15) is 5.58 Å². The third-order valence-corrected chi connectivity index (χ3v) is 3.49. The van der Waals surface area contributed by atoms with E-state index in [0.29, 0.717) is 5.92 Å². The number of furan rings is 1. The fourth-order valence-electron chi connectivity index (χ4n) is 2.58. The minimum absolute atomic E-state index is 0.105.